The van der Waals surface area contributed by atoms with Gasteiger partial charge in [-0.2, -0.15) is 0 Å². The summed E-state index contributed by atoms with van der Waals surface area (Å²) in [5.41, 5.74) is 0.872. The van der Waals surface area contributed by atoms with Crippen LogP contribution < -0.4 is 5.32 Å². The highest BCUT2D eigenvalue weighted by atomic mass is 35.5. The molecular weight excluding hydrogens is 252 g/mol. The lowest BCUT2D eigenvalue weighted by molar-refractivity contribution is -0.384. The van der Waals surface area contributed by atoms with Crippen LogP contribution in [0.4, 0.5) is 5.69 Å². The van der Waals surface area contributed by atoms with Crippen LogP contribution in [-0.2, 0) is 6.54 Å². The summed E-state index contributed by atoms with van der Waals surface area (Å²) >= 11 is 5.97. The van der Waals surface area contributed by atoms with Crippen molar-refractivity contribution in [2.75, 3.05) is 6.54 Å². The number of nitro benzene ring substituents is 1. The smallest absolute Gasteiger partial charge is 0.270 e. The molecule has 1 N–H and O–H groups in total. The molecule has 1 aromatic rings. The number of rotatable bonds is 7. The van der Waals surface area contributed by atoms with Crippen molar-refractivity contribution < 1.29 is 4.92 Å². The summed E-state index contributed by atoms with van der Waals surface area (Å²) in [7, 11) is 0. The zero-order valence-electron chi connectivity index (χ0n) is 9.99. The molecule has 18 heavy (non-hydrogen) atoms. The Balaban J connectivity index is 2.39. The van der Waals surface area contributed by atoms with Gasteiger partial charge in [-0.05, 0) is 31.0 Å². The van der Waals surface area contributed by atoms with Gasteiger partial charge in [-0.15, -0.1) is 12.3 Å². The van der Waals surface area contributed by atoms with Gasteiger partial charge in [0.15, 0.2) is 0 Å². The molecule has 0 aliphatic rings. The zero-order valence-corrected chi connectivity index (χ0v) is 10.7. The van der Waals surface area contributed by atoms with Gasteiger partial charge in [-0.3, -0.25) is 10.1 Å². The second-order valence-corrected chi connectivity index (χ2v) is 4.28. The second kappa shape index (κ2) is 7.70. The predicted molar refractivity (Wildman–Crippen MR) is 72.5 cm³/mol. The Morgan fingerprint density at radius 1 is 1.44 bits per heavy atom. The monoisotopic (exact) mass is 266 g/mol. The van der Waals surface area contributed by atoms with E-state index in [9.17, 15) is 10.1 Å². The van der Waals surface area contributed by atoms with Crippen LogP contribution in [0.5, 0.6) is 0 Å². The van der Waals surface area contributed by atoms with Crippen molar-refractivity contribution in [3.8, 4) is 12.3 Å². The molecule has 96 valence electrons. The van der Waals surface area contributed by atoms with Gasteiger partial charge in [-0.1, -0.05) is 11.6 Å². The first-order chi connectivity index (χ1) is 8.65. The number of benzene rings is 1. The van der Waals surface area contributed by atoms with E-state index in [4.69, 9.17) is 18.0 Å². The Hall–Kier alpha value is -1.57. The number of non-ortho nitro benzene ring substituents is 1. The summed E-state index contributed by atoms with van der Waals surface area (Å²) in [5.74, 6) is 2.59. The van der Waals surface area contributed by atoms with Crippen LogP contribution in [0.2, 0.25) is 5.02 Å². The maximum absolute atomic E-state index is 10.5. The molecule has 0 radical (unpaired) electrons. The van der Waals surface area contributed by atoms with Gasteiger partial charge in [0.2, 0.25) is 0 Å². The first kappa shape index (κ1) is 14.5. The lowest BCUT2D eigenvalue weighted by Crippen LogP contribution is -2.14. The third kappa shape index (κ3) is 4.74. The van der Waals surface area contributed by atoms with E-state index in [1.54, 1.807) is 6.07 Å². The minimum atomic E-state index is -0.455. The van der Waals surface area contributed by atoms with Gasteiger partial charge in [0.1, 0.15) is 0 Å². The molecule has 0 aliphatic heterocycles. The number of nitrogens with one attached hydrogen (secondary N) is 1. The summed E-state index contributed by atoms with van der Waals surface area (Å²) in [5, 5.41) is 14.2. The Morgan fingerprint density at radius 2 is 2.22 bits per heavy atom. The molecule has 0 atom stereocenters. The fraction of sp³-hybridized carbons (Fsp3) is 0.385. The molecule has 0 aliphatic carbocycles. The molecule has 5 heteroatoms. The Morgan fingerprint density at radius 3 is 2.83 bits per heavy atom. The van der Waals surface area contributed by atoms with Crippen LogP contribution in [0.25, 0.3) is 0 Å². The number of unbranched alkanes of at least 4 members (excludes halogenated alkanes) is 2. The number of hydrogen-bond acceptors (Lipinski definition) is 3. The molecule has 0 fully saturated rings. The van der Waals surface area contributed by atoms with E-state index in [1.807, 2.05) is 0 Å². The highest BCUT2D eigenvalue weighted by molar-refractivity contribution is 6.31. The SMILES string of the molecule is C#CCCCCNCc1ccc([N+](=O)[O-])cc1Cl. The van der Waals surface area contributed by atoms with Crippen molar-refractivity contribution in [1.82, 2.24) is 5.32 Å². The van der Waals surface area contributed by atoms with E-state index in [1.165, 1.54) is 12.1 Å². The maximum atomic E-state index is 10.5. The van der Waals surface area contributed by atoms with Crippen LogP contribution >= 0.6 is 11.6 Å². The van der Waals surface area contributed by atoms with Crippen molar-refractivity contribution in [2.24, 2.45) is 0 Å². The van der Waals surface area contributed by atoms with Crippen LogP contribution in [0.15, 0.2) is 18.2 Å². The van der Waals surface area contributed by atoms with Crippen molar-refractivity contribution in [3.05, 3.63) is 38.9 Å². The lowest BCUT2D eigenvalue weighted by Gasteiger charge is -2.06. The molecule has 0 aromatic heterocycles. The molecule has 4 nitrogen and oxygen atoms in total. The summed E-state index contributed by atoms with van der Waals surface area (Å²) < 4.78 is 0. The molecule has 0 amide bonds. The Kier molecular flexibility index (Phi) is 6.20. The van der Waals surface area contributed by atoms with Gasteiger partial charge in [-0.25, -0.2) is 0 Å². The molecule has 1 rings (SSSR count). The Labute approximate surface area is 111 Å². The van der Waals surface area contributed by atoms with Crippen molar-refractivity contribution in [2.45, 2.75) is 25.8 Å². The fourth-order valence-electron chi connectivity index (χ4n) is 1.49. The average molecular weight is 267 g/mol. The number of hydrogen-bond donors (Lipinski definition) is 1. The van der Waals surface area contributed by atoms with E-state index < -0.39 is 4.92 Å². The van der Waals surface area contributed by atoms with Crippen molar-refractivity contribution in [3.63, 3.8) is 0 Å². The van der Waals surface area contributed by atoms with E-state index in [-0.39, 0.29) is 5.69 Å². The molecule has 0 spiro atoms. The summed E-state index contributed by atoms with van der Waals surface area (Å²) in [6, 6.07) is 4.51. The van der Waals surface area contributed by atoms with Gasteiger partial charge in [0.25, 0.3) is 5.69 Å². The second-order valence-electron chi connectivity index (χ2n) is 3.87. The first-order valence-electron chi connectivity index (χ1n) is 5.72. The van der Waals surface area contributed by atoms with Gasteiger partial charge < -0.3 is 5.32 Å². The fourth-order valence-corrected chi connectivity index (χ4v) is 1.73. The zero-order chi connectivity index (χ0) is 13.4. The van der Waals surface area contributed by atoms with Crippen molar-refractivity contribution >= 4 is 17.3 Å². The van der Waals surface area contributed by atoms with Crippen LogP contribution in [0.3, 0.4) is 0 Å². The number of nitrogens with zero attached hydrogens (tertiary/aromatic N) is 1. The van der Waals surface area contributed by atoms with E-state index in [0.717, 1.165) is 31.4 Å². The Bertz CT molecular complexity index is 455. The third-order valence-electron chi connectivity index (χ3n) is 2.49. The minimum Gasteiger partial charge on any atom is -0.313 e. The molecule has 1 aromatic carbocycles. The van der Waals surface area contributed by atoms with E-state index in [2.05, 4.69) is 11.2 Å². The van der Waals surface area contributed by atoms with Crippen molar-refractivity contribution in [1.29, 1.82) is 0 Å². The van der Waals surface area contributed by atoms with E-state index >= 15 is 0 Å². The summed E-state index contributed by atoms with van der Waals surface area (Å²) in [4.78, 5) is 10.1. The molecule has 0 bridgehead atoms. The largest absolute Gasteiger partial charge is 0.313 e. The number of nitro groups is 1. The lowest BCUT2D eigenvalue weighted by atomic mass is 10.2. The van der Waals surface area contributed by atoms with Gasteiger partial charge in [0, 0.05) is 25.1 Å². The maximum Gasteiger partial charge on any atom is 0.270 e. The molecule has 0 heterocycles. The number of halogens is 1. The van der Waals surface area contributed by atoms with Crippen LogP contribution in [0.1, 0.15) is 24.8 Å². The van der Waals surface area contributed by atoms with Crippen LogP contribution in [0, 0.1) is 22.5 Å². The molecule has 0 saturated heterocycles. The standard InChI is InChI=1S/C13H15ClN2O2/c1-2-3-4-5-8-15-10-11-6-7-12(16(17)18)9-13(11)14/h1,6-7,9,15H,3-5,8,10H2. The molecule has 0 unspecified atom stereocenters. The quantitative estimate of drug-likeness (QED) is 0.357. The average Bonchev–Trinajstić information content (AvgIpc) is 2.35. The highest BCUT2D eigenvalue weighted by Gasteiger charge is 2.08. The highest BCUT2D eigenvalue weighted by Crippen LogP contribution is 2.22. The summed E-state index contributed by atoms with van der Waals surface area (Å²) in [6.07, 6.45) is 7.95. The normalized spacial score (nSPS) is 10.0. The first-order valence-corrected chi connectivity index (χ1v) is 6.10. The topological polar surface area (TPSA) is 55.2 Å². The minimum absolute atomic E-state index is 0.0118. The van der Waals surface area contributed by atoms with E-state index in [0.29, 0.717) is 11.6 Å². The number of terminal acetylenes is 1. The summed E-state index contributed by atoms with van der Waals surface area (Å²) in [6.45, 7) is 1.46. The molecule has 0 saturated carbocycles. The predicted octanol–water partition coefficient (Wildman–Crippen LogP) is 3.14. The third-order valence-corrected chi connectivity index (χ3v) is 2.84. The van der Waals surface area contributed by atoms with Gasteiger partial charge >= 0.3 is 0 Å². The molecular formula is C13H15ClN2O2. The van der Waals surface area contributed by atoms with Gasteiger partial charge in [0.05, 0.1) is 9.95 Å². The van der Waals surface area contributed by atoms with Crippen LogP contribution in [-0.4, -0.2) is 11.5 Å².